The Morgan fingerprint density at radius 3 is 2.56 bits per heavy atom. The van der Waals surface area contributed by atoms with Crippen LogP contribution in [0, 0.1) is 0 Å². The number of hydrogen-bond donors (Lipinski definition) is 1. The van der Waals surface area contributed by atoms with Crippen molar-refractivity contribution >= 4 is 17.4 Å². The first kappa shape index (κ1) is 22.9. The summed E-state index contributed by atoms with van der Waals surface area (Å²) < 4.78 is 16.5. The molecule has 34 heavy (non-hydrogen) atoms. The molecule has 1 saturated heterocycles. The summed E-state index contributed by atoms with van der Waals surface area (Å²) in [7, 11) is 0. The predicted molar refractivity (Wildman–Crippen MR) is 126 cm³/mol. The van der Waals surface area contributed by atoms with Crippen molar-refractivity contribution in [3.63, 3.8) is 0 Å². The van der Waals surface area contributed by atoms with Gasteiger partial charge < -0.3 is 23.9 Å². The number of amides is 1. The van der Waals surface area contributed by atoms with Crippen molar-refractivity contribution < 1.29 is 28.6 Å². The van der Waals surface area contributed by atoms with E-state index in [2.05, 4.69) is 6.58 Å². The number of carbonyl (C=O) groups is 2. The van der Waals surface area contributed by atoms with Crippen LogP contribution in [0.2, 0.25) is 0 Å². The van der Waals surface area contributed by atoms with Gasteiger partial charge >= 0.3 is 0 Å². The number of carbonyl (C=O) groups excluding carboxylic acids is 2. The molecule has 7 heteroatoms. The lowest BCUT2D eigenvalue weighted by atomic mass is 9.95. The molecule has 1 fully saturated rings. The van der Waals surface area contributed by atoms with E-state index in [0.29, 0.717) is 41.6 Å². The Bertz CT molecular complexity index is 1210. The molecule has 1 N–H and O–H groups in total. The summed E-state index contributed by atoms with van der Waals surface area (Å²) in [5, 5.41) is 11.2. The van der Waals surface area contributed by atoms with E-state index in [1.165, 1.54) is 11.2 Å². The van der Waals surface area contributed by atoms with Crippen LogP contribution in [0.15, 0.2) is 89.6 Å². The molecular weight excluding hydrogens is 434 g/mol. The number of furan rings is 1. The second-order valence-corrected chi connectivity index (χ2v) is 7.64. The Morgan fingerprint density at radius 1 is 1.09 bits per heavy atom. The highest BCUT2D eigenvalue weighted by Crippen LogP contribution is 2.41. The van der Waals surface area contributed by atoms with Crippen LogP contribution >= 0.6 is 0 Å². The predicted octanol–water partition coefficient (Wildman–Crippen LogP) is 4.87. The van der Waals surface area contributed by atoms with Crippen molar-refractivity contribution in [1.82, 2.24) is 4.90 Å². The van der Waals surface area contributed by atoms with Crippen molar-refractivity contribution in [2.75, 3.05) is 13.2 Å². The van der Waals surface area contributed by atoms with Gasteiger partial charge in [0.15, 0.2) is 0 Å². The first-order valence-electron chi connectivity index (χ1n) is 10.9. The van der Waals surface area contributed by atoms with Gasteiger partial charge in [0, 0.05) is 5.56 Å². The van der Waals surface area contributed by atoms with Crippen molar-refractivity contribution in [2.24, 2.45) is 0 Å². The van der Waals surface area contributed by atoms with Crippen LogP contribution in [-0.4, -0.2) is 34.9 Å². The minimum absolute atomic E-state index is 0.00147. The highest BCUT2D eigenvalue weighted by atomic mass is 16.5. The minimum atomic E-state index is -0.830. The van der Waals surface area contributed by atoms with Crippen LogP contribution < -0.4 is 9.47 Å². The lowest BCUT2D eigenvalue weighted by molar-refractivity contribution is -0.140. The SMILES string of the molecule is C=CCOc1cccc(C2C(=C(O)c3ccc(OCC)cc3)C(=O)C(=O)N2Cc2ccco2)c1. The van der Waals surface area contributed by atoms with E-state index in [0.717, 1.165) is 0 Å². The number of ketones is 1. The molecule has 0 bridgehead atoms. The van der Waals surface area contributed by atoms with Gasteiger partial charge in [0.25, 0.3) is 11.7 Å². The lowest BCUT2D eigenvalue weighted by Crippen LogP contribution is -2.29. The fourth-order valence-corrected chi connectivity index (χ4v) is 3.92. The van der Waals surface area contributed by atoms with Crippen molar-refractivity contribution in [1.29, 1.82) is 0 Å². The van der Waals surface area contributed by atoms with Gasteiger partial charge in [0.1, 0.15) is 29.6 Å². The molecule has 4 rings (SSSR count). The van der Waals surface area contributed by atoms with Crippen molar-refractivity contribution in [2.45, 2.75) is 19.5 Å². The maximum Gasteiger partial charge on any atom is 0.296 e. The van der Waals surface area contributed by atoms with E-state index >= 15 is 0 Å². The molecule has 2 heterocycles. The third-order valence-corrected chi connectivity index (χ3v) is 5.43. The Balaban J connectivity index is 1.81. The molecule has 3 aromatic rings. The normalized spacial score (nSPS) is 17.1. The van der Waals surface area contributed by atoms with E-state index < -0.39 is 17.7 Å². The first-order valence-corrected chi connectivity index (χ1v) is 10.9. The molecule has 0 saturated carbocycles. The third kappa shape index (κ3) is 4.59. The maximum absolute atomic E-state index is 13.2. The molecule has 1 atom stereocenters. The van der Waals surface area contributed by atoms with Gasteiger partial charge in [-0.3, -0.25) is 9.59 Å². The number of benzene rings is 2. The average Bonchev–Trinajstić information content (AvgIpc) is 3.45. The lowest BCUT2D eigenvalue weighted by Gasteiger charge is -2.25. The van der Waals surface area contributed by atoms with Crippen molar-refractivity contribution in [3.8, 4) is 11.5 Å². The van der Waals surface area contributed by atoms with Crippen LogP contribution in [0.4, 0.5) is 0 Å². The molecule has 2 aromatic carbocycles. The van der Waals surface area contributed by atoms with E-state index in [4.69, 9.17) is 13.9 Å². The zero-order valence-electron chi connectivity index (χ0n) is 18.8. The van der Waals surface area contributed by atoms with Crippen LogP contribution in [0.25, 0.3) is 5.76 Å². The van der Waals surface area contributed by atoms with Crippen LogP contribution in [0.3, 0.4) is 0 Å². The van der Waals surface area contributed by atoms with Crippen LogP contribution in [0.1, 0.15) is 29.9 Å². The molecule has 1 aliphatic heterocycles. The number of hydrogen-bond acceptors (Lipinski definition) is 6. The molecule has 174 valence electrons. The van der Waals surface area contributed by atoms with Gasteiger partial charge in [-0.1, -0.05) is 24.8 Å². The molecule has 7 nitrogen and oxygen atoms in total. The van der Waals surface area contributed by atoms with E-state index in [1.54, 1.807) is 66.7 Å². The first-order chi connectivity index (χ1) is 16.5. The number of aliphatic hydroxyl groups excluding tert-OH is 1. The van der Waals surface area contributed by atoms with Gasteiger partial charge in [0.05, 0.1) is 31.0 Å². The molecule has 0 radical (unpaired) electrons. The van der Waals surface area contributed by atoms with Gasteiger partial charge in [-0.05, 0) is 61.0 Å². The quantitative estimate of drug-likeness (QED) is 0.213. The van der Waals surface area contributed by atoms with Crippen molar-refractivity contribution in [3.05, 3.63) is 102 Å². The topological polar surface area (TPSA) is 89.2 Å². The third-order valence-electron chi connectivity index (χ3n) is 5.43. The Kier molecular flexibility index (Phi) is 6.82. The zero-order valence-corrected chi connectivity index (χ0v) is 18.8. The van der Waals surface area contributed by atoms with E-state index in [9.17, 15) is 14.7 Å². The standard InChI is InChI=1S/C27H25NO6/c1-3-14-33-21-8-5-7-19(16-21)24-23(25(29)18-10-12-20(13-11-18)32-4-2)26(30)27(31)28(24)17-22-9-6-15-34-22/h3,5-13,15-16,24,29H,1,4,14,17H2,2H3. The zero-order chi connectivity index (χ0) is 24.1. The number of ether oxygens (including phenoxy) is 2. The minimum Gasteiger partial charge on any atom is -0.507 e. The van der Waals surface area contributed by atoms with Crippen LogP contribution in [0.5, 0.6) is 11.5 Å². The molecule has 1 aliphatic rings. The second-order valence-electron chi connectivity index (χ2n) is 7.64. The molecule has 1 unspecified atom stereocenters. The summed E-state index contributed by atoms with van der Waals surface area (Å²) in [5.74, 6) is -0.0209. The van der Waals surface area contributed by atoms with Gasteiger partial charge in [-0.2, -0.15) is 0 Å². The van der Waals surface area contributed by atoms with Gasteiger partial charge in [-0.25, -0.2) is 0 Å². The number of aliphatic hydroxyl groups is 1. The summed E-state index contributed by atoms with van der Waals surface area (Å²) in [6.45, 7) is 6.41. The number of likely N-dealkylation sites (tertiary alicyclic amines) is 1. The summed E-state index contributed by atoms with van der Waals surface area (Å²) in [6.07, 6.45) is 3.13. The fourth-order valence-electron chi connectivity index (χ4n) is 3.92. The molecule has 0 spiro atoms. The summed E-state index contributed by atoms with van der Waals surface area (Å²) >= 11 is 0. The fraction of sp³-hybridized carbons (Fsp3) is 0.185. The average molecular weight is 459 g/mol. The molecule has 0 aliphatic carbocycles. The Labute approximate surface area is 197 Å². The van der Waals surface area contributed by atoms with Crippen LogP contribution in [-0.2, 0) is 16.1 Å². The smallest absolute Gasteiger partial charge is 0.296 e. The molecule has 1 amide bonds. The molecule has 1 aromatic heterocycles. The number of Topliss-reactive ketones (excluding diaryl/α,β-unsaturated/α-hetero) is 1. The summed E-state index contributed by atoms with van der Waals surface area (Å²) in [6, 6.07) is 16.4. The maximum atomic E-state index is 13.2. The monoisotopic (exact) mass is 459 g/mol. The van der Waals surface area contributed by atoms with Gasteiger partial charge in [-0.15, -0.1) is 0 Å². The highest BCUT2D eigenvalue weighted by Gasteiger charge is 2.46. The van der Waals surface area contributed by atoms with E-state index in [1.807, 2.05) is 6.92 Å². The van der Waals surface area contributed by atoms with Gasteiger partial charge in [0.2, 0.25) is 0 Å². The summed E-state index contributed by atoms with van der Waals surface area (Å²) in [5.41, 5.74) is 1.03. The summed E-state index contributed by atoms with van der Waals surface area (Å²) in [4.78, 5) is 27.6. The Hall–Kier alpha value is -4.26. The number of nitrogens with zero attached hydrogens (tertiary/aromatic N) is 1. The molecular formula is C27H25NO6. The Morgan fingerprint density at radius 2 is 1.88 bits per heavy atom. The highest BCUT2D eigenvalue weighted by molar-refractivity contribution is 6.46. The van der Waals surface area contributed by atoms with E-state index in [-0.39, 0.29) is 17.9 Å². The second kappa shape index (κ2) is 10.1. The largest absolute Gasteiger partial charge is 0.507 e. The number of rotatable bonds is 9.